The van der Waals surface area contributed by atoms with Crippen molar-refractivity contribution in [3.8, 4) is 11.3 Å². The highest BCUT2D eigenvalue weighted by Gasteiger charge is 2.32. The summed E-state index contributed by atoms with van der Waals surface area (Å²) in [6.07, 6.45) is 2.37. The summed E-state index contributed by atoms with van der Waals surface area (Å²) in [5.41, 5.74) is 8.90. The molecule has 0 aliphatic heterocycles. The summed E-state index contributed by atoms with van der Waals surface area (Å²) in [5, 5.41) is 0. The van der Waals surface area contributed by atoms with E-state index in [9.17, 15) is 4.39 Å². The Morgan fingerprint density at radius 2 is 2.05 bits per heavy atom. The summed E-state index contributed by atoms with van der Waals surface area (Å²) >= 11 is 0. The largest absolute Gasteiger partial charge is 0.383 e. The van der Waals surface area contributed by atoms with E-state index in [4.69, 9.17) is 10.7 Å². The molecule has 0 atom stereocenters. The molecule has 2 aromatic rings. The van der Waals surface area contributed by atoms with Crippen LogP contribution >= 0.6 is 0 Å². The Morgan fingerprint density at radius 3 is 2.60 bits per heavy atom. The van der Waals surface area contributed by atoms with Crippen LogP contribution in [-0.4, -0.2) is 9.55 Å². The van der Waals surface area contributed by atoms with Gasteiger partial charge in [-0.1, -0.05) is 0 Å². The van der Waals surface area contributed by atoms with Gasteiger partial charge in [0.2, 0.25) is 0 Å². The summed E-state index contributed by atoms with van der Waals surface area (Å²) in [6, 6.07) is 5.05. The van der Waals surface area contributed by atoms with E-state index in [1.54, 1.807) is 6.07 Å². The van der Waals surface area contributed by atoms with Crippen LogP contribution in [0.4, 0.5) is 10.2 Å². The first-order valence-electron chi connectivity index (χ1n) is 7.13. The van der Waals surface area contributed by atoms with Crippen LogP contribution in [0.2, 0.25) is 0 Å². The Bertz CT molecular complexity index is 654. The normalized spacial score (nSPS) is 15.1. The van der Waals surface area contributed by atoms with Gasteiger partial charge in [-0.3, -0.25) is 0 Å². The molecule has 1 aromatic carbocycles. The number of nitrogen functional groups attached to an aromatic ring is 1. The lowest BCUT2D eigenvalue weighted by molar-refractivity contribution is 0.576. The minimum atomic E-state index is -0.226. The van der Waals surface area contributed by atoms with E-state index in [1.807, 2.05) is 6.92 Å². The van der Waals surface area contributed by atoms with Gasteiger partial charge in [-0.05, 0) is 57.4 Å². The van der Waals surface area contributed by atoms with Gasteiger partial charge in [0.1, 0.15) is 23.2 Å². The van der Waals surface area contributed by atoms with Gasteiger partial charge in [-0.15, -0.1) is 0 Å². The van der Waals surface area contributed by atoms with Crippen molar-refractivity contribution in [2.24, 2.45) is 0 Å². The average Bonchev–Trinajstić information content (AvgIpc) is 3.14. The van der Waals surface area contributed by atoms with Crippen molar-refractivity contribution in [3.05, 3.63) is 35.4 Å². The maximum Gasteiger partial charge on any atom is 0.131 e. The molecule has 0 saturated heterocycles. The van der Waals surface area contributed by atoms with E-state index in [0.29, 0.717) is 11.7 Å². The number of halogens is 1. The first-order valence-corrected chi connectivity index (χ1v) is 7.13. The van der Waals surface area contributed by atoms with Crippen LogP contribution in [0.3, 0.4) is 0 Å². The zero-order valence-corrected chi connectivity index (χ0v) is 12.2. The van der Waals surface area contributed by atoms with E-state index < -0.39 is 0 Å². The SMILES string of the molecule is Cc1cc(F)ccc1-c1nc(C2CC2)n(C(C)C)c1N. The number of hydrogen-bond acceptors (Lipinski definition) is 2. The molecule has 1 fully saturated rings. The van der Waals surface area contributed by atoms with Crippen LogP contribution in [0.5, 0.6) is 0 Å². The van der Waals surface area contributed by atoms with Crippen molar-refractivity contribution >= 4 is 5.82 Å². The lowest BCUT2D eigenvalue weighted by atomic mass is 10.1. The van der Waals surface area contributed by atoms with Gasteiger partial charge in [0.15, 0.2) is 0 Å². The predicted molar refractivity (Wildman–Crippen MR) is 79.1 cm³/mol. The quantitative estimate of drug-likeness (QED) is 0.917. The average molecular weight is 273 g/mol. The van der Waals surface area contributed by atoms with Crippen LogP contribution in [0.1, 0.15) is 50.0 Å². The van der Waals surface area contributed by atoms with Crippen LogP contribution in [0.15, 0.2) is 18.2 Å². The predicted octanol–water partition coefficient (Wildman–Crippen LogP) is 4.04. The highest BCUT2D eigenvalue weighted by atomic mass is 19.1. The Labute approximate surface area is 118 Å². The Morgan fingerprint density at radius 1 is 1.35 bits per heavy atom. The third-order valence-electron chi connectivity index (χ3n) is 3.88. The number of benzene rings is 1. The van der Waals surface area contributed by atoms with Crippen molar-refractivity contribution in [1.29, 1.82) is 0 Å². The van der Waals surface area contributed by atoms with Gasteiger partial charge in [0.25, 0.3) is 0 Å². The zero-order chi connectivity index (χ0) is 14.4. The summed E-state index contributed by atoms with van der Waals surface area (Å²) in [5.74, 6) is 2.08. The molecule has 0 bridgehead atoms. The van der Waals surface area contributed by atoms with Crippen molar-refractivity contribution in [2.75, 3.05) is 5.73 Å². The van der Waals surface area contributed by atoms with Crippen LogP contribution in [-0.2, 0) is 0 Å². The molecule has 2 N–H and O–H groups in total. The first kappa shape index (κ1) is 13.2. The number of hydrogen-bond donors (Lipinski definition) is 1. The molecule has 1 aromatic heterocycles. The number of nitrogens with zero attached hydrogens (tertiary/aromatic N) is 2. The van der Waals surface area contributed by atoms with E-state index >= 15 is 0 Å². The Hall–Kier alpha value is -1.84. The van der Waals surface area contributed by atoms with Gasteiger partial charge in [0, 0.05) is 17.5 Å². The molecule has 3 rings (SSSR count). The number of imidazole rings is 1. The molecule has 20 heavy (non-hydrogen) atoms. The molecule has 3 nitrogen and oxygen atoms in total. The summed E-state index contributed by atoms with van der Waals surface area (Å²) in [6.45, 7) is 6.12. The molecular formula is C16H20FN3. The number of aromatic nitrogens is 2. The number of aryl methyl sites for hydroxylation is 1. The van der Waals surface area contributed by atoms with Gasteiger partial charge in [0.05, 0.1) is 0 Å². The van der Waals surface area contributed by atoms with Crippen molar-refractivity contribution in [3.63, 3.8) is 0 Å². The molecule has 0 radical (unpaired) electrons. The first-order chi connectivity index (χ1) is 9.49. The third-order valence-corrected chi connectivity index (χ3v) is 3.88. The molecule has 1 aliphatic carbocycles. The molecule has 0 amide bonds. The minimum absolute atomic E-state index is 0.226. The van der Waals surface area contributed by atoms with E-state index in [1.165, 1.54) is 25.0 Å². The summed E-state index contributed by atoms with van der Waals surface area (Å²) in [4.78, 5) is 4.77. The van der Waals surface area contributed by atoms with Crippen LogP contribution in [0.25, 0.3) is 11.3 Å². The van der Waals surface area contributed by atoms with E-state index in [2.05, 4.69) is 18.4 Å². The topological polar surface area (TPSA) is 43.8 Å². The molecule has 1 aliphatic rings. The van der Waals surface area contributed by atoms with Gasteiger partial charge < -0.3 is 10.3 Å². The summed E-state index contributed by atoms with van der Waals surface area (Å²) < 4.78 is 15.4. The number of nitrogens with two attached hydrogens (primary N) is 1. The fraction of sp³-hybridized carbons (Fsp3) is 0.438. The Balaban J connectivity index is 2.16. The maximum absolute atomic E-state index is 13.3. The molecule has 1 heterocycles. The zero-order valence-electron chi connectivity index (χ0n) is 12.2. The molecule has 1 saturated carbocycles. The Kier molecular flexibility index (Phi) is 3.04. The van der Waals surface area contributed by atoms with E-state index in [-0.39, 0.29) is 11.9 Å². The second-order valence-electron chi connectivity index (χ2n) is 5.90. The second kappa shape index (κ2) is 4.62. The van der Waals surface area contributed by atoms with Gasteiger partial charge in [-0.25, -0.2) is 9.37 Å². The molecule has 4 heteroatoms. The van der Waals surface area contributed by atoms with E-state index in [0.717, 1.165) is 22.6 Å². The fourth-order valence-electron chi connectivity index (χ4n) is 2.73. The highest BCUT2D eigenvalue weighted by molar-refractivity contribution is 5.74. The smallest absolute Gasteiger partial charge is 0.131 e. The molecule has 0 unspecified atom stereocenters. The fourth-order valence-corrected chi connectivity index (χ4v) is 2.73. The lowest BCUT2D eigenvalue weighted by Gasteiger charge is -2.13. The van der Waals surface area contributed by atoms with Crippen LogP contribution in [0, 0.1) is 12.7 Å². The molecule has 106 valence electrons. The van der Waals surface area contributed by atoms with Crippen molar-refractivity contribution in [2.45, 2.75) is 45.6 Å². The van der Waals surface area contributed by atoms with Crippen molar-refractivity contribution in [1.82, 2.24) is 9.55 Å². The maximum atomic E-state index is 13.3. The van der Waals surface area contributed by atoms with Gasteiger partial charge in [-0.2, -0.15) is 0 Å². The summed E-state index contributed by atoms with van der Waals surface area (Å²) in [7, 11) is 0. The monoisotopic (exact) mass is 273 g/mol. The lowest BCUT2D eigenvalue weighted by Crippen LogP contribution is -2.09. The molecule has 0 spiro atoms. The number of rotatable bonds is 3. The minimum Gasteiger partial charge on any atom is -0.383 e. The van der Waals surface area contributed by atoms with Gasteiger partial charge >= 0.3 is 0 Å². The standard InChI is InChI=1S/C16H20FN3/c1-9(2)20-15(18)14(19-16(20)11-4-5-11)13-7-6-12(17)8-10(13)3/h6-9,11H,4-5,18H2,1-3H3. The van der Waals surface area contributed by atoms with Crippen LogP contribution < -0.4 is 5.73 Å². The third kappa shape index (κ3) is 2.09. The second-order valence-corrected chi connectivity index (χ2v) is 5.90. The molecular weight excluding hydrogens is 253 g/mol. The number of anilines is 1. The highest BCUT2D eigenvalue weighted by Crippen LogP contribution is 2.43. The van der Waals surface area contributed by atoms with Crippen molar-refractivity contribution < 1.29 is 4.39 Å².